The van der Waals surface area contributed by atoms with Crippen molar-refractivity contribution in [1.82, 2.24) is 0 Å². The number of carbonyl (C=O) groups is 2. The van der Waals surface area contributed by atoms with E-state index in [0.717, 1.165) is 0 Å². The molecule has 0 atom stereocenters. The van der Waals surface area contributed by atoms with Gasteiger partial charge < -0.3 is 14.2 Å². The summed E-state index contributed by atoms with van der Waals surface area (Å²) in [5, 5.41) is 0.496. The van der Waals surface area contributed by atoms with Gasteiger partial charge in [-0.3, -0.25) is 0 Å². The predicted octanol–water partition coefficient (Wildman–Crippen LogP) is 5.44. The molecule has 0 spiro atoms. The molecule has 6 nitrogen and oxygen atoms in total. The second kappa shape index (κ2) is 9.67. The molecule has 4 rings (SSSR count). The summed E-state index contributed by atoms with van der Waals surface area (Å²) >= 11 is 5.99. The Balaban J connectivity index is 1.59. The maximum Gasteiger partial charge on any atom is 0.363 e. The molecule has 0 saturated carbocycles. The Labute approximate surface area is 193 Å². The lowest BCUT2D eigenvalue weighted by Crippen LogP contribution is -2.09. The zero-order valence-corrected chi connectivity index (χ0v) is 18.1. The molecule has 3 aromatic carbocycles. The molecular formula is C25H17ClFNO5. The van der Waals surface area contributed by atoms with Gasteiger partial charge in [-0.05, 0) is 73.2 Å². The Kier molecular flexibility index (Phi) is 6.51. The zero-order chi connectivity index (χ0) is 23.4. The standard InChI is InChI=1S/C25H17ClFNO5/c1-2-31-22-13-15(6-11-21(22)32-24(29)16-7-9-19(27)10-8-16)12-20-25(30)33-23(28-20)17-4-3-5-18(26)14-17/h3-14H,2H2,1H3/b20-12+. The van der Waals surface area contributed by atoms with Crippen molar-refractivity contribution >= 4 is 35.5 Å². The van der Waals surface area contributed by atoms with E-state index in [1.54, 1.807) is 49.4 Å². The number of hydrogen-bond donors (Lipinski definition) is 0. The molecule has 1 heterocycles. The van der Waals surface area contributed by atoms with Crippen molar-refractivity contribution in [3.8, 4) is 11.5 Å². The Morgan fingerprint density at radius 1 is 1.09 bits per heavy atom. The summed E-state index contributed by atoms with van der Waals surface area (Å²) < 4.78 is 29.4. The smallest absolute Gasteiger partial charge is 0.363 e. The molecule has 0 bridgehead atoms. The molecule has 33 heavy (non-hydrogen) atoms. The fourth-order valence-corrected chi connectivity index (χ4v) is 3.21. The highest BCUT2D eigenvalue weighted by molar-refractivity contribution is 6.31. The third-order valence-corrected chi connectivity index (χ3v) is 4.78. The summed E-state index contributed by atoms with van der Waals surface area (Å²) in [6, 6.07) is 16.6. The van der Waals surface area contributed by atoms with Crippen molar-refractivity contribution in [3.63, 3.8) is 0 Å². The first-order valence-corrected chi connectivity index (χ1v) is 10.3. The van der Waals surface area contributed by atoms with E-state index < -0.39 is 17.8 Å². The Bertz CT molecular complexity index is 1280. The molecule has 0 radical (unpaired) electrons. The SMILES string of the molecule is CCOc1cc(/C=C2/N=C(c3cccc(Cl)c3)OC2=O)ccc1OC(=O)c1ccc(F)cc1. The normalized spacial score (nSPS) is 14.1. The van der Waals surface area contributed by atoms with Crippen LogP contribution < -0.4 is 9.47 Å². The minimum atomic E-state index is -0.655. The summed E-state index contributed by atoms with van der Waals surface area (Å²) in [7, 11) is 0. The Morgan fingerprint density at radius 2 is 1.88 bits per heavy atom. The van der Waals surface area contributed by atoms with Gasteiger partial charge >= 0.3 is 11.9 Å². The van der Waals surface area contributed by atoms with Gasteiger partial charge in [-0.15, -0.1) is 0 Å². The first-order valence-electron chi connectivity index (χ1n) is 9.96. The minimum Gasteiger partial charge on any atom is -0.490 e. The molecule has 8 heteroatoms. The van der Waals surface area contributed by atoms with Crippen LogP contribution in [0.15, 0.2) is 77.4 Å². The number of cyclic esters (lactones) is 1. The lowest BCUT2D eigenvalue weighted by Gasteiger charge is -2.11. The molecule has 0 amide bonds. The van der Waals surface area contributed by atoms with Gasteiger partial charge in [-0.2, -0.15) is 0 Å². The summed E-state index contributed by atoms with van der Waals surface area (Å²) in [6.45, 7) is 2.10. The number of carbonyl (C=O) groups excluding carboxylic acids is 2. The molecule has 0 unspecified atom stereocenters. The van der Waals surface area contributed by atoms with Crippen molar-refractivity contribution in [3.05, 3.63) is 100.0 Å². The van der Waals surface area contributed by atoms with Crippen molar-refractivity contribution in [2.75, 3.05) is 6.61 Å². The van der Waals surface area contributed by atoms with E-state index in [0.29, 0.717) is 28.5 Å². The van der Waals surface area contributed by atoms with Crippen LogP contribution in [0.1, 0.15) is 28.4 Å². The van der Waals surface area contributed by atoms with Crippen LogP contribution in [0, 0.1) is 5.82 Å². The van der Waals surface area contributed by atoms with Crippen LogP contribution in [0.5, 0.6) is 11.5 Å². The minimum absolute atomic E-state index is 0.100. The molecule has 0 aromatic heterocycles. The molecular weight excluding hydrogens is 449 g/mol. The van der Waals surface area contributed by atoms with E-state index in [9.17, 15) is 14.0 Å². The average Bonchev–Trinajstić information content (AvgIpc) is 3.16. The van der Waals surface area contributed by atoms with Gasteiger partial charge in [0.05, 0.1) is 12.2 Å². The topological polar surface area (TPSA) is 74.2 Å². The number of nitrogens with zero attached hydrogens (tertiary/aromatic N) is 1. The number of hydrogen-bond acceptors (Lipinski definition) is 6. The number of halogens is 2. The van der Waals surface area contributed by atoms with E-state index in [1.165, 1.54) is 30.3 Å². The van der Waals surface area contributed by atoms with Gasteiger partial charge in [0.2, 0.25) is 5.90 Å². The molecule has 0 aliphatic carbocycles. The van der Waals surface area contributed by atoms with Crippen LogP contribution >= 0.6 is 11.6 Å². The average molecular weight is 466 g/mol. The molecule has 1 aliphatic heterocycles. The van der Waals surface area contributed by atoms with Crippen molar-refractivity contribution in [2.24, 2.45) is 4.99 Å². The molecule has 1 aliphatic rings. The van der Waals surface area contributed by atoms with Gasteiger partial charge in [0.15, 0.2) is 17.2 Å². The number of benzene rings is 3. The number of aliphatic imine (C=N–C) groups is 1. The predicted molar refractivity (Wildman–Crippen MR) is 121 cm³/mol. The van der Waals surface area contributed by atoms with E-state index in [4.69, 9.17) is 25.8 Å². The van der Waals surface area contributed by atoms with Crippen molar-refractivity contribution < 1.29 is 28.2 Å². The summed E-state index contributed by atoms with van der Waals surface area (Å²) in [4.78, 5) is 28.9. The van der Waals surface area contributed by atoms with E-state index in [2.05, 4.69) is 4.99 Å². The highest BCUT2D eigenvalue weighted by atomic mass is 35.5. The maximum atomic E-state index is 13.1. The third-order valence-electron chi connectivity index (χ3n) is 4.55. The van der Waals surface area contributed by atoms with Crippen molar-refractivity contribution in [2.45, 2.75) is 6.92 Å². The van der Waals surface area contributed by atoms with Gasteiger partial charge in [0.1, 0.15) is 5.82 Å². The molecule has 0 fully saturated rings. The molecule has 166 valence electrons. The fourth-order valence-electron chi connectivity index (χ4n) is 3.02. The van der Waals surface area contributed by atoms with Crippen LogP contribution in [0.2, 0.25) is 5.02 Å². The van der Waals surface area contributed by atoms with E-state index in [-0.39, 0.29) is 22.9 Å². The first-order chi connectivity index (χ1) is 15.9. The number of ether oxygens (including phenoxy) is 3. The number of rotatable bonds is 6. The second-order valence-corrected chi connectivity index (χ2v) is 7.32. The number of esters is 2. The maximum absolute atomic E-state index is 13.1. The van der Waals surface area contributed by atoms with Crippen LogP contribution in [-0.2, 0) is 9.53 Å². The highest BCUT2D eigenvalue weighted by Crippen LogP contribution is 2.31. The zero-order valence-electron chi connectivity index (χ0n) is 17.4. The quantitative estimate of drug-likeness (QED) is 0.275. The van der Waals surface area contributed by atoms with Gasteiger partial charge in [-0.25, -0.2) is 19.0 Å². The first kappa shape index (κ1) is 22.2. The van der Waals surface area contributed by atoms with E-state index in [1.807, 2.05) is 0 Å². The van der Waals surface area contributed by atoms with Crippen LogP contribution in [0.25, 0.3) is 6.08 Å². The summed E-state index contributed by atoms with van der Waals surface area (Å²) in [5.74, 6) is -1.07. The fraction of sp³-hybridized carbons (Fsp3) is 0.0800. The Hall–Kier alpha value is -3.97. The van der Waals surface area contributed by atoms with Gasteiger partial charge in [0.25, 0.3) is 0 Å². The second-order valence-electron chi connectivity index (χ2n) is 6.88. The molecule has 3 aromatic rings. The van der Waals surface area contributed by atoms with E-state index >= 15 is 0 Å². The monoisotopic (exact) mass is 465 g/mol. The largest absolute Gasteiger partial charge is 0.490 e. The third kappa shape index (κ3) is 5.27. The molecule has 0 N–H and O–H groups in total. The van der Waals surface area contributed by atoms with Crippen LogP contribution in [-0.4, -0.2) is 24.4 Å². The Morgan fingerprint density at radius 3 is 2.61 bits per heavy atom. The lowest BCUT2D eigenvalue weighted by molar-refractivity contribution is -0.129. The van der Waals surface area contributed by atoms with Crippen LogP contribution in [0.4, 0.5) is 4.39 Å². The van der Waals surface area contributed by atoms with Gasteiger partial charge in [-0.1, -0.05) is 23.7 Å². The highest BCUT2D eigenvalue weighted by Gasteiger charge is 2.24. The van der Waals surface area contributed by atoms with Crippen molar-refractivity contribution in [1.29, 1.82) is 0 Å². The molecule has 0 saturated heterocycles. The summed E-state index contributed by atoms with van der Waals surface area (Å²) in [5.41, 5.74) is 1.46. The van der Waals surface area contributed by atoms with Gasteiger partial charge in [0, 0.05) is 10.6 Å². The lowest BCUT2D eigenvalue weighted by atomic mass is 10.1. The summed E-state index contributed by atoms with van der Waals surface area (Å²) in [6.07, 6.45) is 1.54. The van der Waals surface area contributed by atoms with Crippen LogP contribution in [0.3, 0.4) is 0 Å².